The molecule has 0 aromatic heterocycles. The molecular weight excluding hydrogens is 160 g/mol. The average Bonchev–Trinajstić information content (AvgIpc) is 2.20. The van der Waals surface area contributed by atoms with Gasteiger partial charge in [-0.3, -0.25) is 0 Å². The van der Waals surface area contributed by atoms with Crippen LogP contribution in [0.4, 0.5) is 0 Å². The van der Waals surface area contributed by atoms with Crippen LogP contribution in [0.1, 0.15) is 39.0 Å². The van der Waals surface area contributed by atoms with Gasteiger partial charge in [0, 0.05) is 0 Å². The van der Waals surface area contributed by atoms with E-state index in [9.17, 15) is 0 Å². The normalized spacial score (nSPS) is 37.6. The van der Waals surface area contributed by atoms with Crippen LogP contribution in [0.15, 0.2) is 0 Å². The molecule has 2 N–H and O–H groups in total. The molecule has 2 nitrogen and oxygen atoms in total. The molecule has 13 heavy (non-hydrogen) atoms. The van der Waals surface area contributed by atoms with Crippen LogP contribution in [0.5, 0.6) is 0 Å². The topological polar surface area (TPSA) is 24.1 Å². The summed E-state index contributed by atoms with van der Waals surface area (Å²) in [5.41, 5.74) is 0. The van der Waals surface area contributed by atoms with Crippen molar-refractivity contribution in [2.24, 2.45) is 11.8 Å². The molecule has 1 saturated carbocycles. The molecule has 0 aromatic rings. The zero-order valence-corrected chi connectivity index (χ0v) is 8.68. The Morgan fingerprint density at radius 3 is 2.15 bits per heavy atom. The summed E-state index contributed by atoms with van der Waals surface area (Å²) in [6.07, 6.45) is 7.63. The van der Waals surface area contributed by atoms with Crippen molar-refractivity contribution in [1.29, 1.82) is 0 Å². The molecule has 2 rings (SSSR count). The molecule has 0 radical (unpaired) electrons. The van der Waals surface area contributed by atoms with E-state index in [0.29, 0.717) is 6.17 Å². The van der Waals surface area contributed by atoms with Gasteiger partial charge in [0.15, 0.2) is 0 Å². The van der Waals surface area contributed by atoms with E-state index in [0.717, 1.165) is 11.8 Å². The summed E-state index contributed by atoms with van der Waals surface area (Å²) in [6, 6.07) is 0. The van der Waals surface area contributed by atoms with E-state index >= 15 is 0 Å². The van der Waals surface area contributed by atoms with Crippen LogP contribution in [0.2, 0.25) is 0 Å². The van der Waals surface area contributed by atoms with E-state index in [1.165, 1.54) is 45.2 Å². The lowest BCUT2D eigenvalue weighted by Crippen LogP contribution is -2.53. The summed E-state index contributed by atoms with van der Waals surface area (Å²) < 4.78 is 0. The van der Waals surface area contributed by atoms with E-state index in [2.05, 4.69) is 17.6 Å². The first-order valence-corrected chi connectivity index (χ1v) is 5.83. The Hall–Kier alpha value is -0.0800. The highest BCUT2D eigenvalue weighted by molar-refractivity contribution is 4.81. The van der Waals surface area contributed by atoms with Crippen LogP contribution in [0.3, 0.4) is 0 Å². The Kier molecular flexibility index (Phi) is 3.23. The molecule has 1 aliphatic carbocycles. The van der Waals surface area contributed by atoms with Crippen LogP contribution < -0.4 is 10.6 Å². The van der Waals surface area contributed by atoms with Gasteiger partial charge < -0.3 is 10.6 Å². The third-order valence-electron chi connectivity index (χ3n) is 3.61. The molecule has 1 heterocycles. The van der Waals surface area contributed by atoms with Gasteiger partial charge in [0.1, 0.15) is 0 Å². The minimum absolute atomic E-state index is 0.626. The third-order valence-corrected chi connectivity index (χ3v) is 3.61. The Morgan fingerprint density at radius 1 is 0.923 bits per heavy atom. The van der Waals surface area contributed by atoms with Gasteiger partial charge >= 0.3 is 0 Å². The fourth-order valence-electron chi connectivity index (χ4n) is 2.63. The minimum Gasteiger partial charge on any atom is -0.302 e. The second-order valence-corrected chi connectivity index (χ2v) is 4.76. The monoisotopic (exact) mass is 182 g/mol. The second kappa shape index (κ2) is 4.43. The van der Waals surface area contributed by atoms with Crippen LogP contribution in [0, 0.1) is 11.8 Å². The van der Waals surface area contributed by atoms with Crippen molar-refractivity contribution < 1.29 is 0 Å². The number of hydrogen-bond donors (Lipinski definition) is 2. The predicted molar refractivity (Wildman–Crippen MR) is 55.5 cm³/mol. The van der Waals surface area contributed by atoms with Crippen molar-refractivity contribution in [3.8, 4) is 0 Å². The highest BCUT2D eigenvalue weighted by Gasteiger charge is 2.26. The summed E-state index contributed by atoms with van der Waals surface area (Å²) in [4.78, 5) is 0. The molecule has 0 spiro atoms. The van der Waals surface area contributed by atoms with E-state index in [4.69, 9.17) is 0 Å². The van der Waals surface area contributed by atoms with Gasteiger partial charge in [0.05, 0.1) is 6.17 Å². The van der Waals surface area contributed by atoms with Crippen molar-refractivity contribution in [2.45, 2.75) is 45.2 Å². The van der Waals surface area contributed by atoms with Gasteiger partial charge in [0.2, 0.25) is 0 Å². The highest BCUT2D eigenvalue weighted by atomic mass is 15.1. The highest BCUT2D eigenvalue weighted by Crippen LogP contribution is 2.30. The maximum absolute atomic E-state index is 3.59. The molecule has 0 unspecified atom stereocenters. The number of hydrogen-bond acceptors (Lipinski definition) is 2. The fourth-order valence-corrected chi connectivity index (χ4v) is 2.63. The first-order chi connectivity index (χ1) is 6.36. The van der Waals surface area contributed by atoms with Gasteiger partial charge in [-0.15, -0.1) is 0 Å². The zero-order chi connectivity index (χ0) is 9.10. The molecule has 0 amide bonds. The van der Waals surface area contributed by atoms with E-state index in [1.807, 2.05) is 0 Å². The SMILES string of the molecule is CC1CCC(C2NCCCN2)CC1. The molecular formula is C11H22N2. The molecule has 76 valence electrons. The first kappa shape index (κ1) is 9.47. The molecule has 1 aliphatic heterocycles. The fraction of sp³-hybridized carbons (Fsp3) is 1.00. The van der Waals surface area contributed by atoms with Crippen LogP contribution in [-0.4, -0.2) is 19.3 Å². The summed E-state index contributed by atoms with van der Waals surface area (Å²) in [6.45, 7) is 4.81. The largest absolute Gasteiger partial charge is 0.302 e. The molecule has 0 atom stereocenters. The van der Waals surface area contributed by atoms with Crippen molar-refractivity contribution in [3.05, 3.63) is 0 Å². The summed E-state index contributed by atoms with van der Waals surface area (Å²) in [7, 11) is 0. The van der Waals surface area contributed by atoms with E-state index in [1.54, 1.807) is 0 Å². The molecule has 0 aromatic carbocycles. The van der Waals surface area contributed by atoms with Crippen molar-refractivity contribution in [1.82, 2.24) is 10.6 Å². The quantitative estimate of drug-likeness (QED) is 0.645. The van der Waals surface area contributed by atoms with Crippen molar-refractivity contribution in [2.75, 3.05) is 13.1 Å². The number of rotatable bonds is 1. The lowest BCUT2D eigenvalue weighted by molar-refractivity contribution is 0.190. The summed E-state index contributed by atoms with van der Waals surface area (Å²) in [5, 5.41) is 7.19. The Balaban J connectivity index is 1.79. The second-order valence-electron chi connectivity index (χ2n) is 4.76. The number of nitrogens with one attached hydrogen (secondary N) is 2. The van der Waals surface area contributed by atoms with Gasteiger partial charge in [-0.25, -0.2) is 0 Å². The summed E-state index contributed by atoms with van der Waals surface area (Å²) in [5.74, 6) is 1.87. The molecule has 1 saturated heterocycles. The van der Waals surface area contributed by atoms with E-state index < -0.39 is 0 Å². The van der Waals surface area contributed by atoms with Crippen LogP contribution in [-0.2, 0) is 0 Å². The zero-order valence-electron chi connectivity index (χ0n) is 8.68. The molecule has 2 aliphatic rings. The summed E-state index contributed by atoms with van der Waals surface area (Å²) >= 11 is 0. The first-order valence-electron chi connectivity index (χ1n) is 5.83. The lowest BCUT2D eigenvalue weighted by Gasteiger charge is -2.36. The predicted octanol–water partition coefficient (Wildman–Crippen LogP) is 1.72. The Bertz CT molecular complexity index is 144. The van der Waals surface area contributed by atoms with Gasteiger partial charge in [-0.1, -0.05) is 19.8 Å². The lowest BCUT2D eigenvalue weighted by atomic mass is 9.81. The molecule has 2 fully saturated rings. The van der Waals surface area contributed by atoms with Crippen molar-refractivity contribution in [3.63, 3.8) is 0 Å². The smallest absolute Gasteiger partial charge is 0.0600 e. The maximum Gasteiger partial charge on any atom is 0.0600 e. The standard InChI is InChI=1S/C11H22N2/c1-9-3-5-10(6-4-9)11-12-7-2-8-13-11/h9-13H,2-8H2,1H3. The van der Waals surface area contributed by atoms with Gasteiger partial charge in [-0.05, 0) is 44.2 Å². The Labute approximate surface area is 81.5 Å². The minimum atomic E-state index is 0.626. The van der Waals surface area contributed by atoms with Crippen LogP contribution in [0.25, 0.3) is 0 Å². The third kappa shape index (κ3) is 2.44. The maximum atomic E-state index is 3.59. The van der Waals surface area contributed by atoms with Gasteiger partial charge in [-0.2, -0.15) is 0 Å². The molecule has 0 bridgehead atoms. The van der Waals surface area contributed by atoms with Crippen molar-refractivity contribution >= 4 is 0 Å². The van der Waals surface area contributed by atoms with E-state index in [-0.39, 0.29) is 0 Å². The average molecular weight is 182 g/mol. The van der Waals surface area contributed by atoms with Crippen LogP contribution >= 0.6 is 0 Å². The Morgan fingerprint density at radius 2 is 1.54 bits per heavy atom. The van der Waals surface area contributed by atoms with Gasteiger partial charge in [0.25, 0.3) is 0 Å². The molecule has 2 heteroatoms.